The number of nitrogens with two attached hydrogens (primary N) is 1. The molecular formula is C15H15Cl2NO. The van der Waals surface area contributed by atoms with Gasteiger partial charge in [0.15, 0.2) is 0 Å². The van der Waals surface area contributed by atoms with Crippen LogP contribution in [0.3, 0.4) is 0 Å². The molecule has 0 fully saturated rings. The quantitative estimate of drug-likeness (QED) is 0.901. The third kappa shape index (κ3) is 4.13. The summed E-state index contributed by atoms with van der Waals surface area (Å²) >= 11 is 11.9. The lowest BCUT2D eigenvalue weighted by molar-refractivity contribution is 0.290. The SMILES string of the molecule is NCC(COc1cccc(Cl)c1)c1cccc(Cl)c1. The van der Waals surface area contributed by atoms with E-state index >= 15 is 0 Å². The summed E-state index contributed by atoms with van der Waals surface area (Å²) in [6.45, 7) is 0.998. The van der Waals surface area contributed by atoms with Crippen LogP contribution in [0.1, 0.15) is 11.5 Å². The Morgan fingerprint density at radius 1 is 1.00 bits per heavy atom. The zero-order valence-electron chi connectivity index (χ0n) is 10.4. The molecule has 2 rings (SSSR count). The Bertz CT molecular complexity index is 545. The van der Waals surface area contributed by atoms with Gasteiger partial charge in [-0.05, 0) is 35.9 Å². The van der Waals surface area contributed by atoms with Crippen molar-refractivity contribution in [1.29, 1.82) is 0 Å². The van der Waals surface area contributed by atoms with Gasteiger partial charge >= 0.3 is 0 Å². The van der Waals surface area contributed by atoms with Crippen molar-refractivity contribution < 1.29 is 4.74 Å². The fraction of sp³-hybridized carbons (Fsp3) is 0.200. The average molecular weight is 296 g/mol. The Morgan fingerprint density at radius 3 is 2.32 bits per heavy atom. The molecule has 0 amide bonds. The summed E-state index contributed by atoms with van der Waals surface area (Å²) in [6, 6.07) is 15.0. The average Bonchev–Trinajstić information content (AvgIpc) is 2.40. The fourth-order valence-corrected chi connectivity index (χ4v) is 2.19. The van der Waals surface area contributed by atoms with Crippen LogP contribution in [0, 0.1) is 0 Å². The topological polar surface area (TPSA) is 35.2 Å². The summed E-state index contributed by atoms with van der Waals surface area (Å²) in [5.74, 6) is 0.852. The van der Waals surface area contributed by atoms with E-state index < -0.39 is 0 Å². The number of hydrogen-bond donors (Lipinski definition) is 1. The highest BCUT2D eigenvalue weighted by atomic mass is 35.5. The molecule has 0 saturated heterocycles. The summed E-state index contributed by atoms with van der Waals surface area (Å²) in [5, 5.41) is 1.36. The van der Waals surface area contributed by atoms with Crippen LogP contribution in [0.5, 0.6) is 5.75 Å². The van der Waals surface area contributed by atoms with Gasteiger partial charge in [0.2, 0.25) is 0 Å². The van der Waals surface area contributed by atoms with Crippen molar-refractivity contribution in [3.8, 4) is 5.75 Å². The highest BCUT2D eigenvalue weighted by Gasteiger charge is 2.11. The molecule has 2 aromatic carbocycles. The second-order valence-corrected chi connectivity index (χ2v) is 5.13. The predicted molar refractivity (Wildman–Crippen MR) is 80.2 cm³/mol. The van der Waals surface area contributed by atoms with Crippen LogP contribution in [-0.2, 0) is 0 Å². The largest absolute Gasteiger partial charge is 0.493 e. The first-order valence-corrected chi connectivity index (χ1v) is 6.78. The summed E-state index contributed by atoms with van der Waals surface area (Å²) < 4.78 is 5.73. The van der Waals surface area contributed by atoms with Crippen LogP contribution in [0.15, 0.2) is 48.5 Å². The molecule has 0 aliphatic heterocycles. The molecule has 0 heterocycles. The Labute approximate surface area is 123 Å². The van der Waals surface area contributed by atoms with Crippen LogP contribution in [0.4, 0.5) is 0 Å². The van der Waals surface area contributed by atoms with E-state index in [0.717, 1.165) is 11.3 Å². The molecule has 4 heteroatoms. The molecule has 2 nitrogen and oxygen atoms in total. The Hall–Kier alpha value is -1.22. The van der Waals surface area contributed by atoms with Crippen LogP contribution in [0.2, 0.25) is 10.0 Å². The minimum absolute atomic E-state index is 0.109. The maximum absolute atomic E-state index is 5.98. The number of ether oxygens (including phenoxy) is 1. The monoisotopic (exact) mass is 295 g/mol. The third-order valence-electron chi connectivity index (χ3n) is 2.85. The first kappa shape index (κ1) is 14.2. The fourth-order valence-electron chi connectivity index (χ4n) is 1.81. The van der Waals surface area contributed by atoms with Crippen LogP contribution in [0.25, 0.3) is 0 Å². The second kappa shape index (κ2) is 6.80. The van der Waals surface area contributed by atoms with E-state index in [-0.39, 0.29) is 5.92 Å². The molecule has 0 aromatic heterocycles. The molecule has 0 aliphatic rings. The molecule has 2 N–H and O–H groups in total. The second-order valence-electron chi connectivity index (χ2n) is 4.26. The highest BCUT2D eigenvalue weighted by Crippen LogP contribution is 2.22. The first-order chi connectivity index (χ1) is 9.19. The van der Waals surface area contributed by atoms with Crippen molar-refractivity contribution in [2.24, 2.45) is 5.73 Å². The van der Waals surface area contributed by atoms with E-state index in [4.69, 9.17) is 33.7 Å². The van der Waals surface area contributed by atoms with E-state index in [9.17, 15) is 0 Å². The Kier molecular flexibility index (Phi) is 5.08. The van der Waals surface area contributed by atoms with Gasteiger partial charge in [-0.2, -0.15) is 0 Å². The van der Waals surface area contributed by atoms with Crippen molar-refractivity contribution in [2.45, 2.75) is 5.92 Å². The van der Waals surface area contributed by atoms with Crippen LogP contribution in [-0.4, -0.2) is 13.2 Å². The molecule has 0 bridgehead atoms. The van der Waals surface area contributed by atoms with E-state index in [1.54, 1.807) is 6.07 Å². The third-order valence-corrected chi connectivity index (χ3v) is 3.32. The summed E-state index contributed by atoms with van der Waals surface area (Å²) in [4.78, 5) is 0. The van der Waals surface area contributed by atoms with Gasteiger partial charge in [-0.3, -0.25) is 0 Å². The lowest BCUT2D eigenvalue weighted by atomic mass is 10.0. The first-order valence-electron chi connectivity index (χ1n) is 6.03. The minimum Gasteiger partial charge on any atom is -0.493 e. The van der Waals surface area contributed by atoms with Gasteiger partial charge in [-0.15, -0.1) is 0 Å². The zero-order chi connectivity index (χ0) is 13.7. The van der Waals surface area contributed by atoms with Gasteiger partial charge in [0.1, 0.15) is 5.75 Å². The number of rotatable bonds is 5. The Balaban J connectivity index is 2.04. The minimum atomic E-state index is 0.109. The number of halogens is 2. The van der Waals surface area contributed by atoms with Crippen molar-refractivity contribution in [3.63, 3.8) is 0 Å². The van der Waals surface area contributed by atoms with E-state index in [1.165, 1.54) is 0 Å². The van der Waals surface area contributed by atoms with Gasteiger partial charge in [0.05, 0.1) is 6.61 Å². The lowest BCUT2D eigenvalue weighted by Gasteiger charge is -2.16. The smallest absolute Gasteiger partial charge is 0.120 e. The van der Waals surface area contributed by atoms with Gasteiger partial charge in [-0.1, -0.05) is 41.4 Å². The van der Waals surface area contributed by atoms with Gasteiger partial charge < -0.3 is 10.5 Å². The molecule has 0 radical (unpaired) electrons. The normalized spacial score (nSPS) is 12.2. The number of benzene rings is 2. The molecule has 0 aliphatic carbocycles. The predicted octanol–water partition coefficient (Wildman–Crippen LogP) is 4.11. The summed E-state index contributed by atoms with van der Waals surface area (Å²) in [6.07, 6.45) is 0. The van der Waals surface area contributed by atoms with Crippen LogP contribution >= 0.6 is 23.2 Å². The van der Waals surface area contributed by atoms with Crippen LogP contribution < -0.4 is 10.5 Å². The number of hydrogen-bond acceptors (Lipinski definition) is 2. The molecule has 19 heavy (non-hydrogen) atoms. The maximum Gasteiger partial charge on any atom is 0.120 e. The summed E-state index contributed by atoms with van der Waals surface area (Å²) in [5.41, 5.74) is 6.88. The molecular weight excluding hydrogens is 281 g/mol. The maximum atomic E-state index is 5.98. The molecule has 1 atom stereocenters. The van der Waals surface area contributed by atoms with Gasteiger partial charge in [0.25, 0.3) is 0 Å². The zero-order valence-corrected chi connectivity index (χ0v) is 11.9. The summed E-state index contributed by atoms with van der Waals surface area (Å²) in [7, 11) is 0. The standard InChI is InChI=1S/C15H15Cl2NO/c16-13-4-1-3-11(7-13)12(9-18)10-19-15-6-2-5-14(17)8-15/h1-8,12H,9-10,18H2. The highest BCUT2D eigenvalue weighted by molar-refractivity contribution is 6.30. The van der Waals surface area contributed by atoms with E-state index in [2.05, 4.69) is 0 Å². The molecule has 2 aromatic rings. The van der Waals surface area contributed by atoms with Crippen molar-refractivity contribution in [1.82, 2.24) is 0 Å². The molecule has 0 spiro atoms. The van der Waals surface area contributed by atoms with Crippen molar-refractivity contribution in [3.05, 3.63) is 64.1 Å². The lowest BCUT2D eigenvalue weighted by Crippen LogP contribution is -2.19. The van der Waals surface area contributed by atoms with Gasteiger partial charge in [-0.25, -0.2) is 0 Å². The van der Waals surface area contributed by atoms with Gasteiger partial charge in [0, 0.05) is 22.5 Å². The van der Waals surface area contributed by atoms with Crippen molar-refractivity contribution in [2.75, 3.05) is 13.2 Å². The molecule has 1 unspecified atom stereocenters. The van der Waals surface area contributed by atoms with E-state index in [1.807, 2.05) is 42.5 Å². The molecule has 100 valence electrons. The molecule has 0 saturated carbocycles. The van der Waals surface area contributed by atoms with E-state index in [0.29, 0.717) is 23.2 Å². The van der Waals surface area contributed by atoms with Crippen molar-refractivity contribution >= 4 is 23.2 Å². The Morgan fingerprint density at radius 2 is 1.68 bits per heavy atom.